The van der Waals surface area contributed by atoms with Crippen molar-refractivity contribution in [2.24, 2.45) is 35.3 Å². The zero-order valence-electron chi connectivity index (χ0n) is 27.9. The molecule has 0 aliphatic carbocycles. The van der Waals surface area contributed by atoms with Gasteiger partial charge in [-0.1, -0.05) is 79.5 Å². The number of hydrogen-bond donors (Lipinski definition) is 5. The van der Waals surface area contributed by atoms with Gasteiger partial charge in [0.2, 0.25) is 11.8 Å². The number of carbonyl (C=O) groups excluding carboxylic acids is 5. The molecule has 0 aromatic heterocycles. The summed E-state index contributed by atoms with van der Waals surface area (Å²) in [5.74, 6) is -5.56. The summed E-state index contributed by atoms with van der Waals surface area (Å²) in [6.07, 6.45) is 1.95. The van der Waals surface area contributed by atoms with E-state index in [1.165, 1.54) is 0 Å². The summed E-state index contributed by atoms with van der Waals surface area (Å²) in [6, 6.07) is 5.82. The van der Waals surface area contributed by atoms with E-state index < -0.39 is 47.7 Å². The Bertz CT molecular complexity index is 1140. The summed E-state index contributed by atoms with van der Waals surface area (Å²) < 4.78 is 0. The van der Waals surface area contributed by atoms with Gasteiger partial charge in [0.25, 0.3) is 5.91 Å². The molecule has 0 fully saturated rings. The van der Waals surface area contributed by atoms with E-state index in [4.69, 9.17) is 5.73 Å². The first-order chi connectivity index (χ1) is 21.1. The Hall–Kier alpha value is -3.60. The van der Waals surface area contributed by atoms with Crippen molar-refractivity contribution in [1.29, 1.82) is 0 Å². The van der Waals surface area contributed by atoms with E-state index in [1.807, 2.05) is 13.8 Å². The molecule has 11 heteroatoms. The first kappa shape index (κ1) is 39.4. The van der Waals surface area contributed by atoms with Crippen molar-refractivity contribution in [3.8, 4) is 0 Å². The Morgan fingerprint density at radius 2 is 1.29 bits per heavy atom. The van der Waals surface area contributed by atoms with E-state index in [1.54, 1.807) is 65.0 Å². The fourth-order valence-electron chi connectivity index (χ4n) is 5.04. The van der Waals surface area contributed by atoms with Crippen LogP contribution in [-0.4, -0.2) is 65.0 Å². The topological polar surface area (TPSA) is 185 Å². The quantitative estimate of drug-likeness (QED) is 0.128. The highest BCUT2D eigenvalue weighted by Gasteiger charge is 2.34. The monoisotopic (exact) mass is 630 g/mol. The molecule has 1 unspecified atom stereocenters. The van der Waals surface area contributed by atoms with Crippen molar-refractivity contribution in [2.45, 2.75) is 105 Å². The number of aliphatic carboxylic acids is 1. The van der Waals surface area contributed by atoms with E-state index in [0.717, 1.165) is 0 Å². The first-order valence-corrected chi connectivity index (χ1v) is 16.1. The maximum atomic E-state index is 13.6. The van der Waals surface area contributed by atoms with E-state index in [9.17, 15) is 33.9 Å². The van der Waals surface area contributed by atoms with Gasteiger partial charge >= 0.3 is 5.97 Å². The maximum Gasteiger partial charge on any atom is 0.326 e. The second-order valence-electron chi connectivity index (χ2n) is 12.7. The molecule has 11 nitrogen and oxygen atoms in total. The van der Waals surface area contributed by atoms with Gasteiger partial charge in [0, 0.05) is 30.2 Å². The Kier molecular flexibility index (Phi) is 17.3. The van der Waals surface area contributed by atoms with Crippen LogP contribution in [0.3, 0.4) is 0 Å². The molecule has 6 atom stereocenters. The van der Waals surface area contributed by atoms with Crippen molar-refractivity contribution < 1.29 is 33.9 Å². The molecule has 0 saturated heterocycles. The van der Waals surface area contributed by atoms with Gasteiger partial charge in [-0.3, -0.25) is 24.0 Å². The summed E-state index contributed by atoms with van der Waals surface area (Å²) in [6.45, 7) is 12.7. The molecule has 45 heavy (non-hydrogen) atoms. The number of carbonyl (C=O) groups is 6. The molecule has 6 N–H and O–H groups in total. The Balaban J connectivity index is 3.09. The zero-order chi connectivity index (χ0) is 34.3. The Morgan fingerprint density at radius 3 is 1.80 bits per heavy atom. The standard InChI is InChI=1S/C34H54N4O7/c1-8-22(6)30(38-32(42)24-14-10-9-11-15-24)27(40)19-25(16-12-13-17-35)33(43)36-28(20(2)3)26(39)18-23(7)31(41)37-29(21(4)5)34(44)45/h9-11,14-15,20-23,25,28-30H,8,12-13,16-19,35H2,1-7H3,(H,36,43)(H,37,41)(H,38,42)(H,44,45)/t22-,23-,25-,28+,29+,30?/m1/s1. The molecule has 0 aliphatic heterocycles. The Morgan fingerprint density at radius 1 is 0.733 bits per heavy atom. The van der Waals surface area contributed by atoms with Crippen molar-refractivity contribution in [3.05, 3.63) is 35.9 Å². The number of unbranched alkanes of at least 4 members (excludes halogenated alkanes) is 1. The molecule has 1 rings (SSSR count). The minimum absolute atomic E-state index is 0.121. The minimum Gasteiger partial charge on any atom is -0.480 e. The number of carboxylic acids is 1. The molecule has 0 spiro atoms. The van der Waals surface area contributed by atoms with Crippen LogP contribution < -0.4 is 21.7 Å². The fourth-order valence-corrected chi connectivity index (χ4v) is 5.04. The number of Topliss-reactive ketones (excluding diaryl/α,β-unsaturated/α-hetero) is 2. The number of nitrogens with two attached hydrogens (primary N) is 1. The van der Waals surface area contributed by atoms with Gasteiger partial charge in [-0.05, 0) is 49.3 Å². The van der Waals surface area contributed by atoms with Gasteiger partial charge in [-0.15, -0.1) is 0 Å². The Labute approximate surface area is 267 Å². The highest BCUT2D eigenvalue weighted by molar-refractivity contribution is 5.99. The highest BCUT2D eigenvalue weighted by atomic mass is 16.4. The fraction of sp³-hybridized carbons (Fsp3) is 0.647. The second kappa shape index (κ2) is 19.7. The van der Waals surface area contributed by atoms with Crippen LogP contribution in [0.25, 0.3) is 0 Å². The van der Waals surface area contributed by atoms with Gasteiger partial charge in [0.1, 0.15) is 6.04 Å². The second-order valence-corrected chi connectivity index (χ2v) is 12.7. The highest BCUT2D eigenvalue weighted by Crippen LogP contribution is 2.21. The summed E-state index contributed by atoms with van der Waals surface area (Å²) in [5, 5.41) is 17.6. The van der Waals surface area contributed by atoms with Crippen LogP contribution in [0.4, 0.5) is 0 Å². The first-order valence-electron chi connectivity index (χ1n) is 16.1. The number of nitrogens with one attached hydrogen (secondary N) is 3. The summed E-state index contributed by atoms with van der Waals surface area (Å²) in [4.78, 5) is 77.8. The van der Waals surface area contributed by atoms with E-state index in [-0.39, 0.29) is 48.1 Å². The molecule has 3 amide bonds. The third-order valence-electron chi connectivity index (χ3n) is 8.20. The molecule has 0 aliphatic rings. The molecule has 1 aromatic carbocycles. The van der Waals surface area contributed by atoms with Crippen LogP contribution in [0, 0.1) is 29.6 Å². The van der Waals surface area contributed by atoms with Gasteiger partial charge in [0.15, 0.2) is 11.6 Å². The van der Waals surface area contributed by atoms with Crippen LogP contribution >= 0.6 is 0 Å². The predicted molar refractivity (Wildman–Crippen MR) is 173 cm³/mol. The SMILES string of the molecule is CC[C@@H](C)C(NC(=O)c1ccccc1)C(=O)C[C@@H](CCCCN)C(=O)N[C@H](C(=O)C[C@@H](C)C(=O)N[C@H](C(=O)O)C(C)C)C(C)C. The number of rotatable bonds is 21. The van der Waals surface area contributed by atoms with Crippen LogP contribution in [0.2, 0.25) is 0 Å². The minimum atomic E-state index is -1.16. The molecule has 0 bridgehead atoms. The normalized spacial score (nSPS) is 15.3. The summed E-state index contributed by atoms with van der Waals surface area (Å²) in [7, 11) is 0. The third kappa shape index (κ3) is 13.1. The lowest BCUT2D eigenvalue weighted by Crippen LogP contribution is -2.50. The van der Waals surface area contributed by atoms with Crippen LogP contribution in [0.15, 0.2) is 30.3 Å². The molecule has 0 saturated carbocycles. The lowest BCUT2D eigenvalue weighted by Gasteiger charge is -2.28. The number of ketones is 2. The lowest BCUT2D eigenvalue weighted by molar-refractivity contribution is -0.144. The summed E-state index contributed by atoms with van der Waals surface area (Å²) >= 11 is 0. The molecular formula is C34H54N4O7. The molecule has 0 radical (unpaired) electrons. The maximum absolute atomic E-state index is 13.6. The average molecular weight is 631 g/mol. The van der Waals surface area contributed by atoms with Gasteiger partial charge in [0.05, 0.1) is 12.1 Å². The smallest absolute Gasteiger partial charge is 0.326 e. The predicted octanol–water partition coefficient (Wildman–Crippen LogP) is 3.50. The van der Waals surface area contributed by atoms with Gasteiger partial charge in [-0.25, -0.2) is 4.79 Å². The number of carboxylic acid groups (broad SMARTS) is 1. The largest absolute Gasteiger partial charge is 0.480 e. The number of hydrogen-bond acceptors (Lipinski definition) is 7. The van der Waals surface area contributed by atoms with Crippen molar-refractivity contribution in [3.63, 3.8) is 0 Å². The molecule has 252 valence electrons. The van der Waals surface area contributed by atoms with Crippen LogP contribution in [-0.2, 0) is 24.0 Å². The van der Waals surface area contributed by atoms with Gasteiger partial charge < -0.3 is 26.8 Å². The summed E-state index contributed by atoms with van der Waals surface area (Å²) in [5.41, 5.74) is 6.11. The van der Waals surface area contributed by atoms with Crippen molar-refractivity contribution >= 4 is 35.3 Å². The van der Waals surface area contributed by atoms with E-state index in [2.05, 4.69) is 16.0 Å². The average Bonchev–Trinajstić information content (AvgIpc) is 2.99. The molecule has 0 heterocycles. The van der Waals surface area contributed by atoms with E-state index >= 15 is 0 Å². The van der Waals surface area contributed by atoms with Crippen LogP contribution in [0.1, 0.15) is 97.3 Å². The van der Waals surface area contributed by atoms with Crippen molar-refractivity contribution in [1.82, 2.24) is 16.0 Å². The van der Waals surface area contributed by atoms with Crippen molar-refractivity contribution in [2.75, 3.05) is 6.54 Å². The van der Waals surface area contributed by atoms with Crippen LogP contribution in [0.5, 0.6) is 0 Å². The molecular weight excluding hydrogens is 576 g/mol. The zero-order valence-corrected chi connectivity index (χ0v) is 27.9. The lowest BCUT2D eigenvalue weighted by atomic mass is 9.86. The number of amides is 3. The number of benzene rings is 1. The molecule has 1 aromatic rings. The third-order valence-corrected chi connectivity index (χ3v) is 8.20. The van der Waals surface area contributed by atoms with Gasteiger partial charge in [-0.2, -0.15) is 0 Å². The van der Waals surface area contributed by atoms with E-state index in [0.29, 0.717) is 37.8 Å².